The van der Waals surface area contributed by atoms with Gasteiger partial charge in [-0.3, -0.25) is 5.43 Å². The first-order chi connectivity index (χ1) is 7.31. The average molecular weight is 221 g/mol. The monoisotopic (exact) mass is 220 g/mol. The Labute approximate surface area is 92.0 Å². The van der Waals surface area contributed by atoms with E-state index in [0.29, 0.717) is 11.0 Å². The molecule has 0 aliphatic heterocycles. The number of rotatable bonds is 2. The zero-order valence-electron chi connectivity index (χ0n) is 8.11. The fraction of sp³-hybridized carbons (Fsp3) is 0.100. The summed E-state index contributed by atoms with van der Waals surface area (Å²) in [4.78, 5) is 8.49. The maximum atomic E-state index is 5.93. The third-order valence-corrected chi connectivity index (χ3v) is 2.09. The van der Waals surface area contributed by atoms with Crippen molar-refractivity contribution >= 4 is 34.7 Å². The standard InChI is InChI=1S/C10H9ClN4/c1-2-12-15-10-9(11)13-7-5-3-4-6-8(7)14-10/h2-6H,1H3,(H,14,15)/b12-2+. The minimum atomic E-state index is 0.319. The number of nitrogens with one attached hydrogen (secondary N) is 1. The number of hydrazone groups is 1. The topological polar surface area (TPSA) is 50.2 Å². The zero-order valence-corrected chi connectivity index (χ0v) is 8.86. The highest BCUT2D eigenvalue weighted by molar-refractivity contribution is 6.32. The summed E-state index contributed by atoms with van der Waals surface area (Å²) in [5.41, 5.74) is 4.28. The molecule has 76 valence electrons. The molecule has 0 aliphatic rings. The van der Waals surface area contributed by atoms with E-state index in [1.54, 1.807) is 13.1 Å². The van der Waals surface area contributed by atoms with Gasteiger partial charge in [-0.1, -0.05) is 23.7 Å². The van der Waals surface area contributed by atoms with Gasteiger partial charge in [0, 0.05) is 6.21 Å². The average Bonchev–Trinajstić information content (AvgIpc) is 2.26. The summed E-state index contributed by atoms with van der Waals surface area (Å²) in [7, 11) is 0. The number of aromatic nitrogens is 2. The number of benzene rings is 1. The van der Waals surface area contributed by atoms with Gasteiger partial charge in [0.2, 0.25) is 0 Å². The Bertz CT molecular complexity index is 510. The first kappa shape index (κ1) is 9.86. The van der Waals surface area contributed by atoms with Gasteiger partial charge in [0.1, 0.15) is 0 Å². The van der Waals surface area contributed by atoms with Crippen LogP contribution in [0.3, 0.4) is 0 Å². The minimum Gasteiger partial charge on any atom is -0.259 e. The Hall–Kier alpha value is -1.68. The van der Waals surface area contributed by atoms with E-state index in [2.05, 4.69) is 20.5 Å². The Balaban J connectivity index is 2.51. The van der Waals surface area contributed by atoms with Crippen molar-refractivity contribution in [1.82, 2.24) is 9.97 Å². The van der Waals surface area contributed by atoms with Gasteiger partial charge in [0.05, 0.1) is 11.0 Å². The van der Waals surface area contributed by atoms with Crippen LogP contribution in [0.1, 0.15) is 6.92 Å². The second kappa shape index (κ2) is 4.23. The molecular formula is C10H9ClN4. The van der Waals surface area contributed by atoms with Gasteiger partial charge >= 0.3 is 0 Å². The fourth-order valence-corrected chi connectivity index (χ4v) is 1.35. The van der Waals surface area contributed by atoms with Crippen molar-refractivity contribution < 1.29 is 0 Å². The van der Waals surface area contributed by atoms with Crippen LogP contribution in [0, 0.1) is 0 Å². The molecule has 5 heteroatoms. The largest absolute Gasteiger partial charge is 0.259 e. The van der Waals surface area contributed by atoms with Crippen LogP contribution >= 0.6 is 11.6 Å². The van der Waals surface area contributed by atoms with Gasteiger partial charge in [-0.15, -0.1) is 0 Å². The minimum absolute atomic E-state index is 0.319. The molecule has 0 unspecified atom stereocenters. The summed E-state index contributed by atoms with van der Waals surface area (Å²) in [6.07, 6.45) is 1.62. The number of hydrogen-bond acceptors (Lipinski definition) is 4. The van der Waals surface area contributed by atoms with Crippen LogP contribution < -0.4 is 5.43 Å². The van der Waals surface area contributed by atoms with Crippen LogP contribution in [0.4, 0.5) is 5.82 Å². The molecule has 0 radical (unpaired) electrons. The van der Waals surface area contributed by atoms with E-state index in [9.17, 15) is 0 Å². The highest BCUT2D eigenvalue weighted by Gasteiger charge is 2.04. The van der Waals surface area contributed by atoms with Crippen molar-refractivity contribution in [2.24, 2.45) is 5.10 Å². The molecule has 0 spiro atoms. The van der Waals surface area contributed by atoms with E-state index >= 15 is 0 Å². The lowest BCUT2D eigenvalue weighted by Gasteiger charge is -2.03. The van der Waals surface area contributed by atoms with Crippen molar-refractivity contribution in [3.05, 3.63) is 29.4 Å². The number of nitrogens with zero attached hydrogens (tertiary/aromatic N) is 3. The highest BCUT2D eigenvalue weighted by Crippen LogP contribution is 2.20. The van der Waals surface area contributed by atoms with Gasteiger partial charge in [-0.25, -0.2) is 9.97 Å². The molecule has 1 heterocycles. The molecule has 0 saturated heterocycles. The lowest BCUT2D eigenvalue weighted by atomic mass is 10.3. The molecule has 15 heavy (non-hydrogen) atoms. The van der Waals surface area contributed by atoms with Crippen molar-refractivity contribution in [2.45, 2.75) is 6.92 Å². The van der Waals surface area contributed by atoms with Gasteiger partial charge in [-0.05, 0) is 19.1 Å². The molecule has 0 bridgehead atoms. The number of anilines is 1. The third kappa shape index (κ3) is 2.05. The van der Waals surface area contributed by atoms with E-state index in [0.717, 1.165) is 11.0 Å². The predicted molar refractivity (Wildman–Crippen MR) is 62.3 cm³/mol. The van der Waals surface area contributed by atoms with Crippen LogP contribution in [0.5, 0.6) is 0 Å². The molecule has 0 atom stereocenters. The molecule has 1 aromatic heterocycles. The van der Waals surface area contributed by atoms with Crippen molar-refractivity contribution in [2.75, 3.05) is 5.43 Å². The second-order valence-electron chi connectivity index (χ2n) is 2.85. The van der Waals surface area contributed by atoms with Crippen LogP contribution in [0.2, 0.25) is 5.15 Å². The molecule has 1 aromatic carbocycles. The van der Waals surface area contributed by atoms with Crippen molar-refractivity contribution in [3.8, 4) is 0 Å². The Morgan fingerprint density at radius 3 is 2.60 bits per heavy atom. The van der Waals surface area contributed by atoms with Gasteiger partial charge in [0.25, 0.3) is 0 Å². The summed E-state index contributed by atoms with van der Waals surface area (Å²) in [5, 5.41) is 4.17. The molecule has 2 aromatic rings. The summed E-state index contributed by atoms with van der Waals surface area (Å²) in [6, 6.07) is 7.53. The van der Waals surface area contributed by atoms with Crippen LogP contribution in [0.25, 0.3) is 11.0 Å². The molecular weight excluding hydrogens is 212 g/mol. The molecule has 0 aliphatic carbocycles. The van der Waals surface area contributed by atoms with E-state index in [-0.39, 0.29) is 0 Å². The van der Waals surface area contributed by atoms with Gasteiger partial charge in [-0.2, -0.15) is 5.10 Å². The maximum absolute atomic E-state index is 5.93. The third-order valence-electron chi connectivity index (χ3n) is 1.83. The molecule has 1 N–H and O–H groups in total. The lowest BCUT2D eigenvalue weighted by Crippen LogP contribution is -1.96. The molecule has 2 rings (SSSR count). The normalized spacial score (nSPS) is 11.1. The molecule has 0 saturated carbocycles. The first-order valence-corrected chi connectivity index (χ1v) is 4.85. The van der Waals surface area contributed by atoms with Crippen LogP contribution in [0.15, 0.2) is 29.4 Å². The van der Waals surface area contributed by atoms with Crippen molar-refractivity contribution in [1.29, 1.82) is 0 Å². The molecule has 4 nitrogen and oxygen atoms in total. The van der Waals surface area contributed by atoms with E-state index < -0.39 is 0 Å². The Morgan fingerprint density at radius 2 is 1.93 bits per heavy atom. The Kier molecular flexibility index (Phi) is 2.78. The number of fused-ring (bicyclic) bond motifs is 1. The number of halogens is 1. The highest BCUT2D eigenvalue weighted by atomic mass is 35.5. The van der Waals surface area contributed by atoms with Crippen LogP contribution in [-0.4, -0.2) is 16.2 Å². The quantitative estimate of drug-likeness (QED) is 0.625. The zero-order chi connectivity index (χ0) is 10.7. The lowest BCUT2D eigenvalue weighted by molar-refractivity contribution is 1.22. The van der Waals surface area contributed by atoms with Crippen LogP contribution in [-0.2, 0) is 0 Å². The fourth-order valence-electron chi connectivity index (χ4n) is 1.18. The summed E-state index contributed by atoms with van der Waals surface area (Å²) >= 11 is 5.93. The number of hydrogen-bond donors (Lipinski definition) is 1. The van der Waals surface area contributed by atoms with E-state index in [4.69, 9.17) is 11.6 Å². The van der Waals surface area contributed by atoms with Crippen molar-refractivity contribution in [3.63, 3.8) is 0 Å². The summed E-state index contributed by atoms with van der Waals surface area (Å²) < 4.78 is 0. The van der Waals surface area contributed by atoms with E-state index in [1.165, 1.54) is 0 Å². The first-order valence-electron chi connectivity index (χ1n) is 4.47. The number of para-hydroxylation sites is 2. The molecule has 0 fully saturated rings. The second-order valence-corrected chi connectivity index (χ2v) is 3.21. The van der Waals surface area contributed by atoms with E-state index in [1.807, 2.05) is 24.3 Å². The summed E-state index contributed by atoms with van der Waals surface area (Å²) in [6.45, 7) is 1.80. The smallest absolute Gasteiger partial charge is 0.185 e. The van der Waals surface area contributed by atoms with Gasteiger partial charge < -0.3 is 0 Å². The maximum Gasteiger partial charge on any atom is 0.185 e. The predicted octanol–water partition coefficient (Wildman–Crippen LogP) is 2.70. The molecule has 0 amide bonds. The summed E-state index contributed by atoms with van der Waals surface area (Å²) in [5.74, 6) is 0.466. The SMILES string of the molecule is C/C=N/Nc1nc2ccccc2nc1Cl. The Morgan fingerprint density at radius 1 is 1.27 bits per heavy atom. The van der Waals surface area contributed by atoms with Gasteiger partial charge in [0.15, 0.2) is 11.0 Å².